The van der Waals surface area contributed by atoms with Crippen molar-refractivity contribution < 1.29 is 14.3 Å². The summed E-state index contributed by atoms with van der Waals surface area (Å²) >= 11 is 0. The Morgan fingerprint density at radius 2 is 2.14 bits per heavy atom. The molecule has 2 aromatic heterocycles. The summed E-state index contributed by atoms with van der Waals surface area (Å²) < 4.78 is 14.6. The van der Waals surface area contributed by atoms with Crippen molar-refractivity contribution in [3.8, 4) is 28.3 Å². The van der Waals surface area contributed by atoms with Crippen molar-refractivity contribution in [3.05, 3.63) is 36.4 Å². The summed E-state index contributed by atoms with van der Waals surface area (Å²) in [5.74, 6) is 1.56. The Balaban J connectivity index is 1.72. The molecule has 4 rings (SSSR count). The third-order valence-corrected chi connectivity index (χ3v) is 5.01. The van der Waals surface area contributed by atoms with Crippen molar-refractivity contribution in [2.24, 2.45) is 7.05 Å². The highest BCUT2D eigenvalue weighted by atomic mass is 16.5. The summed E-state index contributed by atoms with van der Waals surface area (Å²) in [4.78, 5) is 12.3. The summed E-state index contributed by atoms with van der Waals surface area (Å²) in [5, 5.41) is 12.9. The van der Waals surface area contributed by atoms with Crippen LogP contribution in [0, 0.1) is 0 Å². The smallest absolute Gasteiger partial charge is 0.316 e. The van der Waals surface area contributed by atoms with Crippen molar-refractivity contribution in [1.82, 2.24) is 24.5 Å². The Bertz CT molecular complexity index is 1010. The zero-order valence-corrected chi connectivity index (χ0v) is 16.3. The summed E-state index contributed by atoms with van der Waals surface area (Å²) in [6, 6.07) is 5.95. The summed E-state index contributed by atoms with van der Waals surface area (Å²) in [6.07, 6.45) is 5.37. The van der Waals surface area contributed by atoms with E-state index in [1.165, 1.54) is 0 Å². The van der Waals surface area contributed by atoms with Crippen LogP contribution in [0.25, 0.3) is 22.5 Å². The van der Waals surface area contributed by atoms with E-state index in [0.29, 0.717) is 12.4 Å². The second-order valence-electron chi connectivity index (χ2n) is 6.80. The number of hydrogen-bond acceptors (Lipinski definition) is 6. The van der Waals surface area contributed by atoms with Gasteiger partial charge in [-0.25, -0.2) is 0 Å². The van der Waals surface area contributed by atoms with Crippen molar-refractivity contribution in [2.75, 3.05) is 13.7 Å². The van der Waals surface area contributed by atoms with Gasteiger partial charge in [-0.3, -0.25) is 9.48 Å². The Kier molecular flexibility index (Phi) is 4.85. The van der Waals surface area contributed by atoms with Crippen molar-refractivity contribution in [1.29, 1.82) is 0 Å². The predicted octanol–water partition coefficient (Wildman–Crippen LogP) is 2.79. The second kappa shape index (κ2) is 7.46. The van der Waals surface area contributed by atoms with Gasteiger partial charge >= 0.3 is 5.97 Å². The van der Waals surface area contributed by atoms with Gasteiger partial charge in [0, 0.05) is 36.5 Å². The first-order chi connectivity index (χ1) is 13.6. The lowest BCUT2D eigenvalue weighted by atomic mass is 9.98. The van der Waals surface area contributed by atoms with Gasteiger partial charge < -0.3 is 14.0 Å². The highest BCUT2D eigenvalue weighted by Gasteiger charge is 2.32. The molecule has 0 amide bonds. The van der Waals surface area contributed by atoms with Gasteiger partial charge in [0.25, 0.3) is 0 Å². The maximum Gasteiger partial charge on any atom is 0.316 e. The monoisotopic (exact) mass is 381 g/mol. The van der Waals surface area contributed by atoms with Gasteiger partial charge in [0.15, 0.2) is 5.82 Å². The number of carbonyl (C=O) groups excluding carboxylic acids is 1. The molecule has 1 atom stereocenters. The van der Waals surface area contributed by atoms with Gasteiger partial charge in [-0.1, -0.05) is 6.07 Å². The molecule has 8 nitrogen and oxygen atoms in total. The zero-order chi connectivity index (χ0) is 19.7. The largest absolute Gasteiger partial charge is 0.496 e. The average Bonchev–Trinajstić information content (AvgIpc) is 3.33. The van der Waals surface area contributed by atoms with Crippen LogP contribution in [0.1, 0.15) is 31.5 Å². The van der Waals surface area contributed by atoms with E-state index in [9.17, 15) is 4.79 Å². The molecule has 0 radical (unpaired) electrons. The fourth-order valence-corrected chi connectivity index (χ4v) is 3.68. The van der Waals surface area contributed by atoms with Crippen LogP contribution in [-0.2, 0) is 23.1 Å². The zero-order valence-electron chi connectivity index (χ0n) is 16.3. The van der Waals surface area contributed by atoms with Crippen LogP contribution in [0.2, 0.25) is 0 Å². The van der Waals surface area contributed by atoms with Gasteiger partial charge in [-0.05, 0) is 31.9 Å². The van der Waals surface area contributed by atoms with Crippen LogP contribution in [0.15, 0.2) is 30.6 Å². The van der Waals surface area contributed by atoms with Gasteiger partial charge in [0.2, 0.25) is 0 Å². The van der Waals surface area contributed by atoms with Gasteiger partial charge in [0.05, 0.1) is 19.9 Å². The molecule has 0 spiro atoms. The molecule has 0 saturated carbocycles. The number of aromatic nitrogens is 5. The second-order valence-corrected chi connectivity index (χ2v) is 6.80. The molecule has 8 heteroatoms. The molecule has 1 aliphatic heterocycles. The number of ether oxygens (including phenoxy) is 2. The minimum absolute atomic E-state index is 0.230. The number of methoxy groups -OCH3 is 1. The van der Waals surface area contributed by atoms with Crippen LogP contribution >= 0.6 is 0 Å². The van der Waals surface area contributed by atoms with E-state index in [1.807, 2.05) is 42.9 Å². The van der Waals surface area contributed by atoms with E-state index in [-0.39, 0.29) is 11.9 Å². The third-order valence-electron chi connectivity index (χ3n) is 5.01. The van der Waals surface area contributed by atoms with E-state index in [2.05, 4.69) is 15.3 Å². The first-order valence-electron chi connectivity index (χ1n) is 9.39. The highest BCUT2D eigenvalue weighted by molar-refractivity contribution is 5.78. The SMILES string of the molecule is CCOC(=O)C1CCCn2c(-c3ccc(-c4cnn(C)c4)c(OC)c3)nnc21. The Morgan fingerprint density at radius 1 is 1.29 bits per heavy atom. The van der Waals surface area contributed by atoms with E-state index < -0.39 is 0 Å². The minimum Gasteiger partial charge on any atom is -0.496 e. The number of aryl methyl sites for hydroxylation is 1. The van der Waals surface area contributed by atoms with E-state index in [0.717, 1.165) is 47.7 Å². The lowest BCUT2D eigenvalue weighted by molar-refractivity contribution is -0.145. The third kappa shape index (κ3) is 3.15. The lowest BCUT2D eigenvalue weighted by Gasteiger charge is -2.22. The molecule has 3 heterocycles. The Labute approximate surface area is 163 Å². The van der Waals surface area contributed by atoms with Crippen molar-refractivity contribution in [2.45, 2.75) is 32.2 Å². The first kappa shape index (κ1) is 18.2. The molecule has 1 aromatic carbocycles. The summed E-state index contributed by atoms with van der Waals surface area (Å²) in [7, 11) is 3.53. The molecule has 0 aliphatic carbocycles. The minimum atomic E-state index is -0.355. The lowest BCUT2D eigenvalue weighted by Crippen LogP contribution is -2.24. The normalized spacial score (nSPS) is 15.9. The van der Waals surface area contributed by atoms with Crippen LogP contribution in [0.5, 0.6) is 5.75 Å². The predicted molar refractivity (Wildman–Crippen MR) is 103 cm³/mol. The quantitative estimate of drug-likeness (QED) is 0.632. The molecule has 1 unspecified atom stereocenters. The molecule has 0 saturated heterocycles. The number of hydrogen-bond donors (Lipinski definition) is 0. The molecule has 28 heavy (non-hydrogen) atoms. The van der Waals surface area contributed by atoms with E-state index in [4.69, 9.17) is 9.47 Å². The summed E-state index contributed by atoms with van der Waals surface area (Å²) in [5.41, 5.74) is 2.84. The number of esters is 1. The van der Waals surface area contributed by atoms with Gasteiger partial charge in [-0.15, -0.1) is 10.2 Å². The molecule has 0 bridgehead atoms. The topological polar surface area (TPSA) is 84.1 Å². The molecular formula is C20H23N5O3. The molecule has 3 aromatic rings. The molecule has 0 N–H and O–H groups in total. The summed E-state index contributed by atoms with van der Waals surface area (Å²) in [6.45, 7) is 2.95. The number of nitrogens with zero attached hydrogens (tertiary/aromatic N) is 5. The molecule has 1 aliphatic rings. The van der Waals surface area contributed by atoms with Gasteiger partial charge in [0.1, 0.15) is 17.5 Å². The number of benzene rings is 1. The number of rotatable bonds is 5. The van der Waals surface area contributed by atoms with E-state index in [1.54, 1.807) is 18.0 Å². The fourth-order valence-electron chi connectivity index (χ4n) is 3.68. The van der Waals surface area contributed by atoms with Crippen LogP contribution in [0.4, 0.5) is 0 Å². The number of carbonyl (C=O) groups is 1. The van der Waals surface area contributed by atoms with Crippen molar-refractivity contribution in [3.63, 3.8) is 0 Å². The van der Waals surface area contributed by atoms with Crippen molar-refractivity contribution >= 4 is 5.97 Å². The first-order valence-corrected chi connectivity index (χ1v) is 9.39. The maximum absolute atomic E-state index is 12.3. The number of fused-ring (bicyclic) bond motifs is 1. The van der Waals surface area contributed by atoms with Crippen LogP contribution in [0.3, 0.4) is 0 Å². The van der Waals surface area contributed by atoms with E-state index >= 15 is 0 Å². The van der Waals surface area contributed by atoms with Crippen LogP contribution < -0.4 is 4.74 Å². The Hall–Kier alpha value is -3.16. The van der Waals surface area contributed by atoms with Crippen LogP contribution in [-0.4, -0.2) is 44.2 Å². The molecule has 146 valence electrons. The highest BCUT2D eigenvalue weighted by Crippen LogP contribution is 2.36. The Morgan fingerprint density at radius 3 is 2.86 bits per heavy atom. The van der Waals surface area contributed by atoms with Gasteiger partial charge in [-0.2, -0.15) is 5.10 Å². The molecule has 0 fully saturated rings. The average molecular weight is 381 g/mol. The fraction of sp³-hybridized carbons (Fsp3) is 0.400. The standard InChI is InChI=1S/C20H23N5O3/c1-4-28-20(26)16-6-5-9-25-18(22-23-19(16)25)13-7-8-15(17(10-13)27-3)14-11-21-24(2)12-14/h7-8,10-12,16H,4-6,9H2,1-3H3. The molecular weight excluding hydrogens is 358 g/mol. The maximum atomic E-state index is 12.3.